The Hall–Kier alpha value is -2.63. The van der Waals surface area contributed by atoms with Crippen LogP contribution in [0.4, 0.5) is 0 Å². The first-order chi connectivity index (χ1) is 15.6. The summed E-state index contributed by atoms with van der Waals surface area (Å²) < 4.78 is 0. The van der Waals surface area contributed by atoms with Crippen molar-refractivity contribution in [3.05, 3.63) is 77.9 Å². The van der Waals surface area contributed by atoms with Crippen LogP contribution in [0.1, 0.15) is 36.3 Å². The van der Waals surface area contributed by atoms with Crippen LogP contribution in [0.5, 0.6) is 0 Å². The molecule has 0 aromatic heterocycles. The summed E-state index contributed by atoms with van der Waals surface area (Å²) in [5.74, 6) is -0.342. The molecule has 0 saturated carbocycles. The van der Waals surface area contributed by atoms with Crippen molar-refractivity contribution in [1.29, 1.82) is 0 Å². The summed E-state index contributed by atoms with van der Waals surface area (Å²) in [6.45, 7) is 5.84. The molecule has 5 nitrogen and oxygen atoms in total. The number of hydrogen-bond donors (Lipinski definition) is 1. The average Bonchev–Trinajstić information content (AvgIpc) is 2.84. The second kappa shape index (κ2) is 12.4. The van der Waals surface area contributed by atoms with Crippen LogP contribution in [-0.4, -0.2) is 60.4 Å². The number of hydrogen-bond acceptors (Lipinski definition) is 3. The van der Waals surface area contributed by atoms with Gasteiger partial charge in [0.25, 0.3) is 0 Å². The van der Waals surface area contributed by atoms with Gasteiger partial charge in [0.05, 0.1) is 0 Å². The standard InChI is InChI=1S/C26H32ClN3O2/c1-2-10-23(28-25(31)24(27)22-14-7-4-8-15-22)26(32)30-19-17-29(18-20-30)16-9-13-21-11-5-3-6-12-21/h3-9,11-15,23-24H,2,10,16-20H2,1H3,(H,28,31)/b13-9+. The molecule has 0 spiro atoms. The number of carbonyl (C=O) groups excluding carboxylic acids is 2. The van der Waals surface area contributed by atoms with Crippen LogP contribution in [0.15, 0.2) is 66.7 Å². The monoisotopic (exact) mass is 453 g/mol. The van der Waals surface area contributed by atoms with E-state index < -0.39 is 11.4 Å². The highest BCUT2D eigenvalue weighted by Crippen LogP contribution is 2.21. The zero-order valence-electron chi connectivity index (χ0n) is 18.6. The van der Waals surface area contributed by atoms with Gasteiger partial charge in [0.2, 0.25) is 11.8 Å². The molecule has 32 heavy (non-hydrogen) atoms. The van der Waals surface area contributed by atoms with Gasteiger partial charge >= 0.3 is 0 Å². The van der Waals surface area contributed by atoms with Crippen LogP contribution in [0, 0.1) is 0 Å². The number of rotatable bonds is 9. The number of amides is 2. The van der Waals surface area contributed by atoms with E-state index in [2.05, 4.69) is 34.5 Å². The van der Waals surface area contributed by atoms with Gasteiger partial charge in [0, 0.05) is 32.7 Å². The maximum Gasteiger partial charge on any atom is 0.245 e. The van der Waals surface area contributed by atoms with Crippen molar-refractivity contribution in [2.75, 3.05) is 32.7 Å². The van der Waals surface area contributed by atoms with Crippen LogP contribution in [0.2, 0.25) is 0 Å². The second-order valence-electron chi connectivity index (χ2n) is 8.06. The van der Waals surface area contributed by atoms with Crippen molar-refractivity contribution in [3.8, 4) is 0 Å². The Morgan fingerprint density at radius 3 is 2.25 bits per heavy atom. The Bertz CT molecular complexity index is 880. The molecule has 1 heterocycles. The number of carbonyl (C=O) groups is 2. The van der Waals surface area contributed by atoms with Crippen molar-refractivity contribution in [3.63, 3.8) is 0 Å². The van der Waals surface area contributed by atoms with E-state index >= 15 is 0 Å². The molecule has 2 aromatic rings. The lowest BCUT2D eigenvalue weighted by Gasteiger charge is -2.36. The van der Waals surface area contributed by atoms with Gasteiger partial charge < -0.3 is 10.2 Å². The predicted molar refractivity (Wildman–Crippen MR) is 130 cm³/mol. The summed E-state index contributed by atoms with van der Waals surface area (Å²) in [7, 11) is 0. The Labute approximate surface area is 196 Å². The normalized spacial score (nSPS) is 16.6. The van der Waals surface area contributed by atoms with Crippen LogP contribution in [0.25, 0.3) is 6.08 Å². The number of nitrogens with one attached hydrogen (secondary N) is 1. The molecule has 1 aliphatic rings. The first-order valence-electron chi connectivity index (χ1n) is 11.3. The van der Waals surface area contributed by atoms with E-state index in [0.717, 1.165) is 31.6 Å². The zero-order valence-corrected chi connectivity index (χ0v) is 19.4. The fraction of sp³-hybridized carbons (Fsp3) is 0.385. The maximum absolute atomic E-state index is 13.1. The molecule has 2 atom stereocenters. The van der Waals surface area contributed by atoms with Crippen LogP contribution < -0.4 is 5.32 Å². The lowest BCUT2D eigenvalue weighted by atomic mass is 10.1. The van der Waals surface area contributed by atoms with Crippen molar-refractivity contribution < 1.29 is 9.59 Å². The van der Waals surface area contributed by atoms with Gasteiger partial charge in [0.1, 0.15) is 11.4 Å². The van der Waals surface area contributed by atoms with Crippen molar-refractivity contribution in [1.82, 2.24) is 15.1 Å². The Morgan fingerprint density at radius 1 is 1.00 bits per heavy atom. The Kier molecular flexibility index (Phi) is 9.32. The minimum atomic E-state index is -0.809. The number of nitrogens with zero attached hydrogens (tertiary/aromatic N) is 2. The van der Waals surface area contributed by atoms with E-state index in [-0.39, 0.29) is 11.8 Å². The minimum Gasteiger partial charge on any atom is -0.343 e. The summed E-state index contributed by atoms with van der Waals surface area (Å²) in [6, 6.07) is 18.9. The predicted octanol–water partition coefficient (Wildman–Crippen LogP) is 4.11. The maximum atomic E-state index is 13.1. The molecule has 0 bridgehead atoms. The molecule has 6 heteroatoms. The summed E-state index contributed by atoms with van der Waals surface area (Å²) in [6.07, 6.45) is 5.69. The fourth-order valence-corrected chi connectivity index (χ4v) is 4.05. The molecule has 0 radical (unpaired) electrons. The van der Waals surface area contributed by atoms with E-state index in [1.54, 1.807) is 0 Å². The van der Waals surface area contributed by atoms with Gasteiger partial charge in [-0.2, -0.15) is 0 Å². The van der Waals surface area contributed by atoms with E-state index in [1.807, 2.05) is 60.4 Å². The van der Waals surface area contributed by atoms with Gasteiger partial charge in [-0.1, -0.05) is 86.2 Å². The molecule has 2 amide bonds. The van der Waals surface area contributed by atoms with E-state index in [0.29, 0.717) is 19.5 Å². The second-order valence-corrected chi connectivity index (χ2v) is 8.50. The lowest BCUT2D eigenvalue weighted by molar-refractivity contribution is -0.138. The number of benzene rings is 2. The minimum absolute atomic E-state index is 0.0170. The molecule has 0 aliphatic carbocycles. The summed E-state index contributed by atoms with van der Waals surface area (Å²) in [5.41, 5.74) is 1.92. The van der Waals surface area contributed by atoms with Gasteiger partial charge in [0.15, 0.2) is 0 Å². The van der Waals surface area contributed by atoms with Gasteiger partial charge in [-0.25, -0.2) is 0 Å². The quantitative estimate of drug-likeness (QED) is 0.581. The molecular formula is C26H32ClN3O2. The van der Waals surface area contributed by atoms with Crippen LogP contribution in [-0.2, 0) is 9.59 Å². The van der Waals surface area contributed by atoms with E-state index in [1.165, 1.54) is 5.56 Å². The molecule has 170 valence electrons. The molecule has 2 aromatic carbocycles. The Balaban J connectivity index is 1.50. The third-order valence-corrected chi connectivity index (χ3v) is 6.12. The first kappa shape index (κ1) is 24.0. The molecule has 1 aliphatic heterocycles. The SMILES string of the molecule is CCCC(NC(=O)C(Cl)c1ccccc1)C(=O)N1CCN(C/C=C/c2ccccc2)CC1. The third-order valence-electron chi connectivity index (χ3n) is 5.67. The van der Waals surface area contributed by atoms with E-state index in [9.17, 15) is 9.59 Å². The third kappa shape index (κ3) is 6.94. The summed E-state index contributed by atoms with van der Waals surface area (Å²) in [5, 5.41) is 2.08. The van der Waals surface area contributed by atoms with Gasteiger partial charge in [-0.05, 0) is 17.5 Å². The highest BCUT2D eigenvalue weighted by Gasteiger charge is 2.29. The first-order valence-corrected chi connectivity index (χ1v) is 11.7. The fourth-order valence-electron chi connectivity index (χ4n) is 3.84. The summed E-state index contributed by atoms with van der Waals surface area (Å²) >= 11 is 6.35. The molecule has 1 saturated heterocycles. The Morgan fingerprint density at radius 2 is 1.62 bits per heavy atom. The van der Waals surface area contributed by atoms with E-state index in [4.69, 9.17) is 11.6 Å². The molecule has 1 fully saturated rings. The van der Waals surface area contributed by atoms with Crippen molar-refractivity contribution >= 4 is 29.5 Å². The lowest BCUT2D eigenvalue weighted by Crippen LogP contribution is -2.55. The molecule has 1 N–H and O–H groups in total. The molecule has 3 rings (SSSR count). The zero-order chi connectivity index (χ0) is 22.8. The molecule has 2 unspecified atom stereocenters. The van der Waals surface area contributed by atoms with Gasteiger partial charge in [-0.15, -0.1) is 11.6 Å². The number of halogens is 1. The largest absolute Gasteiger partial charge is 0.343 e. The van der Waals surface area contributed by atoms with Crippen LogP contribution >= 0.6 is 11.6 Å². The topological polar surface area (TPSA) is 52.7 Å². The molecular weight excluding hydrogens is 422 g/mol. The number of piperazine rings is 1. The van der Waals surface area contributed by atoms with Gasteiger partial charge in [-0.3, -0.25) is 14.5 Å². The highest BCUT2D eigenvalue weighted by molar-refractivity contribution is 6.30. The van der Waals surface area contributed by atoms with Crippen molar-refractivity contribution in [2.45, 2.75) is 31.2 Å². The van der Waals surface area contributed by atoms with Crippen LogP contribution in [0.3, 0.4) is 0 Å². The highest BCUT2D eigenvalue weighted by atomic mass is 35.5. The van der Waals surface area contributed by atoms with Crippen molar-refractivity contribution in [2.24, 2.45) is 0 Å². The summed E-state index contributed by atoms with van der Waals surface area (Å²) in [4.78, 5) is 30.0. The number of alkyl halides is 1. The average molecular weight is 454 g/mol. The smallest absolute Gasteiger partial charge is 0.245 e.